The molecule has 1 rings (SSSR count). The monoisotopic (exact) mass is 244 g/mol. The maximum atomic E-state index is 11.3. The van der Waals surface area contributed by atoms with Crippen LogP contribution in [0.25, 0.3) is 0 Å². The number of carboxylic acid groups (broad SMARTS) is 1. The van der Waals surface area contributed by atoms with Gasteiger partial charge in [-0.2, -0.15) is 0 Å². The van der Waals surface area contributed by atoms with Gasteiger partial charge < -0.3 is 10.00 Å². The Hall–Kier alpha value is -1.16. The van der Waals surface area contributed by atoms with E-state index in [2.05, 4.69) is 0 Å². The maximum absolute atomic E-state index is 11.3. The molecule has 0 saturated carbocycles. The first kappa shape index (κ1) is 12.9. The van der Waals surface area contributed by atoms with Gasteiger partial charge in [0, 0.05) is 6.16 Å². The Balaban J connectivity index is 2.94. The van der Waals surface area contributed by atoms with Crippen molar-refractivity contribution < 1.29 is 23.9 Å². The van der Waals surface area contributed by atoms with Crippen molar-refractivity contribution in [2.24, 2.45) is 0 Å². The van der Waals surface area contributed by atoms with Crippen LogP contribution in [-0.4, -0.2) is 22.1 Å². The number of hydrogen-bond acceptors (Lipinski definition) is 3. The van der Waals surface area contributed by atoms with Crippen LogP contribution in [0.2, 0.25) is 0 Å². The zero-order valence-electron chi connectivity index (χ0n) is 8.74. The third-order valence-electron chi connectivity index (χ3n) is 2.00. The van der Waals surface area contributed by atoms with E-state index >= 15 is 0 Å². The molecule has 0 aliphatic rings. The molecule has 0 spiro atoms. The summed E-state index contributed by atoms with van der Waals surface area (Å²) in [6.45, 7) is 1.46. The van der Waals surface area contributed by atoms with E-state index in [1.165, 1.54) is 19.1 Å². The number of hydrogen-bond donors (Lipinski definition) is 2. The Labute approximate surface area is 93.2 Å². The van der Waals surface area contributed by atoms with Gasteiger partial charge in [-0.25, -0.2) is 4.79 Å². The Kier molecular flexibility index (Phi) is 4.24. The summed E-state index contributed by atoms with van der Waals surface area (Å²) in [6.07, 6.45) is -1.53. The second kappa shape index (κ2) is 5.25. The molecule has 0 heterocycles. The smallest absolute Gasteiger partial charge is 0.338 e. The van der Waals surface area contributed by atoms with Gasteiger partial charge in [-0.15, -0.1) is 0 Å². The predicted molar refractivity (Wildman–Crippen MR) is 58.3 cm³/mol. The van der Waals surface area contributed by atoms with Crippen molar-refractivity contribution in [3.8, 4) is 0 Å². The SMILES string of the molecule is CCP(=O)(O)OC(C(=O)O)c1ccccc1. The van der Waals surface area contributed by atoms with Crippen LogP contribution in [0.15, 0.2) is 30.3 Å². The molecule has 0 fully saturated rings. The van der Waals surface area contributed by atoms with Gasteiger partial charge in [-0.1, -0.05) is 37.3 Å². The first-order valence-corrected chi connectivity index (χ1v) is 6.50. The van der Waals surface area contributed by atoms with Gasteiger partial charge in [-0.3, -0.25) is 9.09 Å². The first-order chi connectivity index (χ1) is 7.46. The highest BCUT2D eigenvalue weighted by Crippen LogP contribution is 2.46. The molecule has 6 heteroatoms. The standard InChI is InChI=1S/C10H13O5P/c1-2-16(13,14)15-9(10(11)12)8-6-4-3-5-7-8/h3-7,9H,2H2,1H3,(H,11,12)(H,13,14). The molecular formula is C10H13O5P. The van der Waals surface area contributed by atoms with Crippen LogP contribution in [0.5, 0.6) is 0 Å². The molecular weight excluding hydrogens is 231 g/mol. The fourth-order valence-corrected chi connectivity index (χ4v) is 1.81. The highest BCUT2D eigenvalue weighted by molar-refractivity contribution is 7.52. The molecule has 0 aliphatic heterocycles. The van der Waals surface area contributed by atoms with Crippen molar-refractivity contribution in [3.05, 3.63) is 35.9 Å². The molecule has 2 atom stereocenters. The Morgan fingerprint density at radius 3 is 2.44 bits per heavy atom. The summed E-state index contributed by atoms with van der Waals surface area (Å²) >= 11 is 0. The summed E-state index contributed by atoms with van der Waals surface area (Å²) in [5.74, 6) is -1.28. The maximum Gasteiger partial charge on any atom is 0.338 e. The lowest BCUT2D eigenvalue weighted by atomic mass is 10.1. The van der Waals surface area contributed by atoms with Crippen molar-refractivity contribution >= 4 is 13.6 Å². The fraction of sp³-hybridized carbons (Fsp3) is 0.300. The molecule has 0 amide bonds. The van der Waals surface area contributed by atoms with Crippen LogP contribution in [0, 0.1) is 0 Å². The molecule has 1 aromatic carbocycles. The summed E-state index contributed by atoms with van der Waals surface area (Å²) in [5.41, 5.74) is 0.345. The van der Waals surface area contributed by atoms with Crippen molar-refractivity contribution in [2.75, 3.05) is 6.16 Å². The summed E-state index contributed by atoms with van der Waals surface area (Å²) in [5, 5.41) is 8.93. The van der Waals surface area contributed by atoms with Gasteiger partial charge in [0.25, 0.3) is 0 Å². The van der Waals surface area contributed by atoms with Crippen LogP contribution in [0.1, 0.15) is 18.6 Å². The van der Waals surface area contributed by atoms with E-state index in [1.807, 2.05) is 0 Å². The zero-order chi connectivity index (χ0) is 12.2. The predicted octanol–water partition coefficient (Wildman–Crippen LogP) is 2.03. The van der Waals surface area contributed by atoms with E-state index in [0.29, 0.717) is 5.56 Å². The Morgan fingerprint density at radius 2 is 2.00 bits per heavy atom. The van der Waals surface area contributed by atoms with Crippen LogP contribution >= 0.6 is 7.60 Å². The van der Waals surface area contributed by atoms with E-state index in [0.717, 1.165) is 0 Å². The minimum atomic E-state index is -3.83. The minimum absolute atomic E-state index is 0.121. The number of carboxylic acids is 1. The summed E-state index contributed by atoms with van der Waals surface area (Å²) < 4.78 is 16.1. The average Bonchev–Trinajstić information content (AvgIpc) is 2.27. The lowest BCUT2D eigenvalue weighted by Crippen LogP contribution is -2.14. The molecule has 0 radical (unpaired) electrons. The third kappa shape index (κ3) is 3.45. The van der Waals surface area contributed by atoms with E-state index < -0.39 is 19.7 Å². The first-order valence-electron chi connectivity index (χ1n) is 4.74. The molecule has 0 bridgehead atoms. The molecule has 0 aromatic heterocycles. The molecule has 2 N–H and O–H groups in total. The van der Waals surface area contributed by atoms with Gasteiger partial charge in [0.1, 0.15) is 0 Å². The second-order valence-electron chi connectivity index (χ2n) is 3.19. The van der Waals surface area contributed by atoms with Crippen LogP contribution in [0.3, 0.4) is 0 Å². The highest BCUT2D eigenvalue weighted by Gasteiger charge is 2.29. The fourth-order valence-electron chi connectivity index (χ4n) is 1.12. The normalized spacial score (nSPS) is 16.4. The molecule has 16 heavy (non-hydrogen) atoms. The van der Waals surface area contributed by atoms with E-state index in [4.69, 9.17) is 9.63 Å². The Bertz CT molecular complexity index is 403. The van der Waals surface area contributed by atoms with Crippen molar-refractivity contribution in [1.82, 2.24) is 0 Å². The second-order valence-corrected chi connectivity index (χ2v) is 5.31. The molecule has 1 aromatic rings. The quantitative estimate of drug-likeness (QED) is 0.774. The largest absolute Gasteiger partial charge is 0.479 e. The van der Waals surface area contributed by atoms with Crippen molar-refractivity contribution in [2.45, 2.75) is 13.0 Å². The lowest BCUT2D eigenvalue weighted by molar-refractivity contribution is -0.145. The Morgan fingerprint density at radius 1 is 1.44 bits per heavy atom. The van der Waals surface area contributed by atoms with Crippen molar-refractivity contribution in [3.63, 3.8) is 0 Å². The molecule has 0 saturated heterocycles. The topological polar surface area (TPSA) is 83.8 Å². The molecule has 0 aliphatic carbocycles. The third-order valence-corrected chi connectivity index (χ3v) is 3.34. The van der Waals surface area contributed by atoms with Crippen LogP contribution in [0.4, 0.5) is 0 Å². The summed E-state index contributed by atoms with van der Waals surface area (Å²) in [4.78, 5) is 20.2. The van der Waals surface area contributed by atoms with E-state index in [9.17, 15) is 14.3 Å². The van der Waals surface area contributed by atoms with Crippen LogP contribution in [-0.2, 0) is 13.9 Å². The number of aliphatic carboxylic acids is 1. The van der Waals surface area contributed by atoms with E-state index in [1.54, 1.807) is 18.2 Å². The van der Waals surface area contributed by atoms with Gasteiger partial charge in [0.05, 0.1) is 0 Å². The highest BCUT2D eigenvalue weighted by atomic mass is 31.2. The van der Waals surface area contributed by atoms with Gasteiger partial charge in [0.2, 0.25) is 0 Å². The number of carbonyl (C=O) groups is 1. The summed E-state index contributed by atoms with van der Waals surface area (Å²) in [7, 11) is -3.83. The van der Waals surface area contributed by atoms with Gasteiger partial charge in [-0.05, 0) is 5.56 Å². The number of rotatable bonds is 5. The van der Waals surface area contributed by atoms with Crippen LogP contribution < -0.4 is 0 Å². The van der Waals surface area contributed by atoms with Gasteiger partial charge in [0.15, 0.2) is 6.10 Å². The van der Waals surface area contributed by atoms with E-state index in [-0.39, 0.29) is 6.16 Å². The van der Waals surface area contributed by atoms with Gasteiger partial charge >= 0.3 is 13.6 Å². The average molecular weight is 244 g/mol. The lowest BCUT2D eigenvalue weighted by Gasteiger charge is -2.17. The molecule has 88 valence electrons. The number of benzene rings is 1. The zero-order valence-corrected chi connectivity index (χ0v) is 9.63. The molecule has 5 nitrogen and oxygen atoms in total. The molecule has 2 unspecified atom stereocenters. The summed E-state index contributed by atoms with van der Waals surface area (Å²) in [6, 6.07) is 8.08. The minimum Gasteiger partial charge on any atom is -0.479 e. The van der Waals surface area contributed by atoms with Crippen molar-refractivity contribution in [1.29, 1.82) is 0 Å².